The van der Waals surface area contributed by atoms with Crippen LogP contribution < -0.4 is 10.6 Å². The molecule has 2 N–H and O–H groups in total. The van der Waals surface area contributed by atoms with Crippen molar-refractivity contribution in [3.05, 3.63) is 77.1 Å². The molecule has 0 saturated carbocycles. The average molecular weight is 478 g/mol. The summed E-state index contributed by atoms with van der Waals surface area (Å²) in [5.41, 5.74) is 2.06. The van der Waals surface area contributed by atoms with Crippen molar-refractivity contribution in [2.75, 3.05) is 18.4 Å². The van der Waals surface area contributed by atoms with Gasteiger partial charge in [-0.05, 0) is 42.1 Å². The third-order valence-electron chi connectivity index (χ3n) is 5.51. The molecule has 1 saturated heterocycles. The quantitative estimate of drug-likeness (QED) is 0.439. The fraction of sp³-hybridized carbons (Fsp3) is 0.217. The van der Waals surface area contributed by atoms with E-state index in [1.54, 1.807) is 29.4 Å². The lowest BCUT2D eigenvalue weighted by Crippen LogP contribution is -2.61. The van der Waals surface area contributed by atoms with Crippen molar-refractivity contribution < 1.29 is 14.0 Å². The minimum atomic E-state index is -0.431. The van der Waals surface area contributed by atoms with Crippen molar-refractivity contribution >= 4 is 39.3 Å². The molecule has 1 fully saturated rings. The van der Waals surface area contributed by atoms with Crippen LogP contribution in [0.15, 0.2) is 54.4 Å². The molecule has 9 nitrogen and oxygen atoms in total. The van der Waals surface area contributed by atoms with E-state index in [0.717, 1.165) is 6.20 Å². The second-order valence-corrected chi connectivity index (χ2v) is 8.87. The normalized spacial score (nSPS) is 14.5. The highest BCUT2D eigenvalue weighted by Gasteiger charge is 2.34. The van der Waals surface area contributed by atoms with E-state index >= 15 is 0 Å². The van der Waals surface area contributed by atoms with Crippen molar-refractivity contribution in [3.63, 3.8) is 0 Å². The number of carbonyl (C=O) groups excluding carboxylic acids is 2. The fourth-order valence-corrected chi connectivity index (χ4v) is 4.48. The van der Waals surface area contributed by atoms with E-state index in [-0.39, 0.29) is 29.8 Å². The van der Waals surface area contributed by atoms with Gasteiger partial charge in [0.25, 0.3) is 11.8 Å². The molecule has 11 heteroatoms. The topological polar surface area (TPSA) is 113 Å². The van der Waals surface area contributed by atoms with Crippen LogP contribution in [-0.2, 0) is 0 Å². The predicted octanol–water partition coefficient (Wildman–Crippen LogP) is 3.05. The molecule has 1 aliphatic heterocycles. The number of halogens is 1. The Balaban J connectivity index is 1.29. The second-order valence-electron chi connectivity index (χ2n) is 7.96. The van der Waals surface area contributed by atoms with Crippen molar-refractivity contribution in [2.24, 2.45) is 0 Å². The number of pyridine rings is 2. The molecular weight excluding hydrogens is 457 g/mol. The molecule has 0 spiro atoms. The summed E-state index contributed by atoms with van der Waals surface area (Å²) in [5.74, 6) is -0.614. The average Bonchev–Trinajstić information content (AvgIpc) is 3.29. The minimum Gasteiger partial charge on any atom is -0.348 e. The largest absolute Gasteiger partial charge is 0.348 e. The Bertz CT molecular complexity index is 1360. The zero-order valence-corrected chi connectivity index (χ0v) is 18.9. The molecule has 4 aromatic heterocycles. The molecule has 172 valence electrons. The molecule has 0 aliphatic carbocycles. The Hall–Kier alpha value is -3.99. The number of nitrogens with one attached hydrogen (secondary N) is 2. The van der Waals surface area contributed by atoms with Gasteiger partial charge in [-0.15, -0.1) is 11.3 Å². The van der Waals surface area contributed by atoms with Gasteiger partial charge in [0, 0.05) is 31.7 Å². The molecule has 5 heterocycles. The van der Waals surface area contributed by atoms with E-state index in [4.69, 9.17) is 0 Å². The van der Waals surface area contributed by atoms with Crippen LogP contribution in [0.25, 0.3) is 10.2 Å². The molecule has 34 heavy (non-hydrogen) atoms. The number of fused-ring (bicyclic) bond motifs is 1. The Labute approximate surface area is 198 Å². The van der Waals surface area contributed by atoms with E-state index in [9.17, 15) is 14.0 Å². The molecule has 0 aromatic carbocycles. The van der Waals surface area contributed by atoms with Crippen LogP contribution in [0.5, 0.6) is 0 Å². The predicted molar refractivity (Wildman–Crippen MR) is 125 cm³/mol. The Morgan fingerprint density at radius 2 is 2.03 bits per heavy atom. The molecule has 1 aliphatic rings. The number of likely N-dealkylation sites (tertiary alicyclic amines) is 1. The maximum atomic E-state index is 13.5. The zero-order valence-electron chi connectivity index (χ0n) is 18.1. The fourth-order valence-electron chi connectivity index (χ4n) is 3.67. The molecule has 1 atom stereocenters. The van der Waals surface area contributed by atoms with Crippen LogP contribution in [0.2, 0.25) is 0 Å². The van der Waals surface area contributed by atoms with E-state index in [1.165, 1.54) is 23.6 Å². The van der Waals surface area contributed by atoms with Gasteiger partial charge in [-0.1, -0.05) is 0 Å². The van der Waals surface area contributed by atoms with Gasteiger partial charge in [-0.25, -0.2) is 14.4 Å². The van der Waals surface area contributed by atoms with Crippen LogP contribution in [0, 0.1) is 5.82 Å². The van der Waals surface area contributed by atoms with Gasteiger partial charge < -0.3 is 15.5 Å². The van der Waals surface area contributed by atoms with Crippen molar-refractivity contribution in [3.8, 4) is 0 Å². The lowest BCUT2D eigenvalue weighted by molar-refractivity contribution is 0.0539. The molecule has 5 rings (SSSR count). The first-order valence-corrected chi connectivity index (χ1v) is 11.5. The Kier molecular flexibility index (Phi) is 5.84. The summed E-state index contributed by atoms with van der Waals surface area (Å²) in [6.07, 6.45) is 5.81. The lowest BCUT2D eigenvalue weighted by atomic mass is 10.1. The van der Waals surface area contributed by atoms with Crippen LogP contribution in [0.1, 0.15) is 39.4 Å². The molecule has 0 bridgehead atoms. The van der Waals surface area contributed by atoms with E-state index in [0.29, 0.717) is 40.1 Å². The highest BCUT2D eigenvalue weighted by atomic mass is 32.1. The summed E-state index contributed by atoms with van der Waals surface area (Å²) in [7, 11) is 0. The number of rotatable bonds is 6. The van der Waals surface area contributed by atoms with Gasteiger partial charge in [0.05, 0.1) is 34.1 Å². The number of nitrogens with zero attached hydrogens (tertiary/aromatic N) is 5. The summed E-state index contributed by atoms with van der Waals surface area (Å²) >= 11 is 1.39. The smallest absolute Gasteiger partial charge is 0.274 e. The molecule has 2 amide bonds. The van der Waals surface area contributed by atoms with Gasteiger partial charge in [0.1, 0.15) is 5.82 Å². The summed E-state index contributed by atoms with van der Waals surface area (Å²) in [4.78, 5) is 44.0. The SMILES string of the molecule is CC(Nc1nc(C(=O)N2CC(NC(=O)c3cccnc3)C2)c2sccc2n1)c1cncc(F)c1. The van der Waals surface area contributed by atoms with Gasteiger partial charge in [0.15, 0.2) is 5.69 Å². The maximum Gasteiger partial charge on any atom is 0.274 e. The standard InChI is InChI=1S/C23H20FN7O2S/c1-13(15-7-16(24)10-26-9-15)27-23-29-18-4-6-34-20(18)19(30-23)22(33)31-11-17(12-31)28-21(32)14-3-2-5-25-8-14/h2-10,13,17H,11-12H2,1H3,(H,28,32)(H,27,29,30). The van der Waals surface area contributed by atoms with Crippen LogP contribution in [-0.4, -0.2) is 55.8 Å². The third kappa shape index (κ3) is 4.42. The van der Waals surface area contributed by atoms with Gasteiger partial charge in [0.2, 0.25) is 5.95 Å². The highest BCUT2D eigenvalue weighted by molar-refractivity contribution is 7.17. The number of anilines is 1. The lowest BCUT2D eigenvalue weighted by Gasteiger charge is -2.39. The monoisotopic (exact) mass is 477 g/mol. The summed E-state index contributed by atoms with van der Waals surface area (Å²) in [6, 6.07) is 6.14. The molecule has 1 unspecified atom stereocenters. The number of amides is 2. The first kappa shape index (κ1) is 21.8. The van der Waals surface area contributed by atoms with Crippen molar-refractivity contribution in [1.29, 1.82) is 0 Å². The number of thiophene rings is 1. The molecule has 4 aromatic rings. The minimum absolute atomic E-state index is 0.143. The molecule has 0 radical (unpaired) electrons. The van der Waals surface area contributed by atoms with E-state index < -0.39 is 5.82 Å². The Morgan fingerprint density at radius 3 is 2.79 bits per heavy atom. The van der Waals surface area contributed by atoms with Crippen molar-refractivity contribution in [1.82, 2.24) is 30.2 Å². The summed E-state index contributed by atoms with van der Waals surface area (Å²) in [5, 5.41) is 7.90. The summed E-state index contributed by atoms with van der Waals surface area (Å²) < 4.78 is 14.2. The Morgan fingerprint density at radius 1 is 1.18 bits per heavy atom. The van der Waals surface area contributed by atoms with Crippen LogP contribution in [0.4, 0.5) is 10.3 Å². The highest BCUT2D eigenvalue weighted by Crippen LogP contribution is 2.27. The van der Waals surface area contributed by atoms with E-state index in [1.807, 2.05) is 18.4 Å². The number of hydrogen-bond acceptors (Lipinski definition) is 8. The third-order valence-corrected chi connectivity index (χ3v) is 6.42. The first-order valence-electron chi connectivity index (χ1n) is 10.6. The van der Waals surface area contributed by atoms with E-state index in [2.05, 4.69) is 30.6 Å². The van der Waals surface area contributed by atoms with Gasteiger partial charge in [-0.3, -0.25) is 19.6 Å². The van der Waals surface area contributed by atoms with Gasteiger partial charge in [-0.2, -0.15) is 0 Å². The maximum absolute atomic E-state index is 13.5. The van der Waals surface area contributed by atoms with Gasteiger partial charge >= 0.3 is 0 Å². The number of hydrogen-bond donors (Lipinski definition) is 2. The zero-order chi connectivity index (χ0) is 23.7. The second kappa shape index (κ2) is 9.10. The van der Waals surface area contributed by atoms with Crippen molar-refractivity contribution in [2.45, 2.75) is 19.0 Å². The number of aromatic nitrogens is 4. The summed E-state index contributed by atoms with van der Waals surface area (Å²) in [6.45, 7) is 2.61. The first-order chi connectivity index (χ1) is 16.5. The van der Waals surface area contributed by atoms with Crippen LogP contribution in [0.3, 0.4) is 0 Å². The molecular formula is C23H20FN7O2S. The number of carbonyl (C=O) groups is 2. The van der Waals surface area contributed by atoms with Crippen LogP contribution >= 0.6 is 11.3 Å².